The molecular weight excluding hydrogens is 587 g/mol. The summed E-state index contributed by atoms with van der Waals surface area (Å²) in [5.41, 5.74) is 1.04. The number of anilines is 1. The second kappa shape index (κ2) is 16.3. The van der Waals surface area contributed by atoms with Gasteiger partial charge in [-0.15, -0.1) is 0 Å². The molecule has 11 heteroatoms. The minimum atomic E-state index is -0.847. The summed E-state index contributed by atoms with van der Waals surface area (Å²) in [4.78, 5) is 57.2. The molecule has 10 nitrogen and oxygen atoms in total. The number of carbonyl (C=O) groups is 4. The molecule has 2 aromatic rings. The summed E-state index contributed by atoms with van der Waals surface area (Å²) in [6.07, 6.45) is 7.74. The Hall–Kier alpha value is -3.60. The van der Waals surface area contributed by atoms with Crippen LogP contribution in [0.4, 0.5) is 10.1 Å². The number of Topliss-reactive ketones (excluding diaryl/α,β-unsaturated/α-hetero) is 1. The molecule has 0 unspecified atom stereocenters. The summed E-state index contributed by atoms with van der Waals surface area (Å²) >= 11 is 0. The first-order valence-electron chi connectivity index (χ1n) is 16.9. The molecule has 46 heavy (non-hydrogen) atoms. The number of carbonyl (C=O) groups excluding carboxylic acids is 4. The Bertz CT molecular complexity index is 1360. The van der Waals surface area contributed by atoms with Gasteiger partial charge in [0.1, 0.15) is 17.6 Å². The van der Waals surface area contributed by atoms with E-state index in [2.05, 4.69) is 20.6 Å². The fourth-order valence-electron chi connectivity index (χ4n) is 6.67. The van der Waals surface area contributed by atoms with Gasteiger partial charge in [0.05, 0.1) is 5.69 Å². The van der Waals surface area contributed by atoms with E-state index in [1.807, 2.05) is 20.9 Å². The van der Waals surface area contributed by atoms with Crippen molar-refractivity contribution >= 4 is 29.2 Å². The number of ketones is 1. The van der Waals surface area contributed by atoms with Crippen LogP contribution in [0.2, 0.25) is 0 Å². The van der Waals surface area contributed by atoms with Crippen LogP contribution in [-0.2, 0) is 14.4 Å². The number of aromatic nitrogens is 2. The van der Waals surface area contributed by atoms with Gasteiger partial charge in [-0.1, -0.05) is 45.6 Å². The highest BCUT2D eigenvalue weighted by molar-refractivity contribution is 6.00. The SMILES string of the molecule is CCC(=O)N[C@@H](C(=O)N1CCN(C)CC1)[C@@H](C)c1ccc(NC(=O)[C@@H](CC(=O)c2ccnn2C(C)C)C2CCCCCC2)c(F)c1. The Kier molecular flexibility index (Phi) is 12.5. The van der Waals surface area contributed by atoms with E-state index in [-0.39, 0.29) is 54.0 Å². The molecule has 1 aliphatic carbocycles. The van der Waals surface area contributed by atoms with Crippen molar-refractivity contribution in [3.8, 4) is 0 Å². The van der Waals surface area contributed by atoms with E-state index >= 15 is 4.39 Å². The number of likely N-dealkylation sites (N-methyl/N-ethyl adjacent to an activating group) is 1. The number of hydrogen-bond acceptors (Lipinski definition) is 6. The number of hydrogen-bond donors (Lipinski definition) is 2. The lowest BCUT2D eigenvalue weighted by atomic mass is 9.81. The summed E-state index contributed by atoms with van der Waals surface area (Å²) in [5.74, 6) is -2.67. The first kappa shape index (κ1) is 35.3. The van der Waals surface area contributed by atoms with Crippen LogP contribution < -0.4 is 10.6 Å². The summed E-state index contributed by atoms with van der Waals surface area (Å²) in [5, 5.41) is 9.94. The van der Waals surface area contributed by atoms with Crippen LogP contribution in [0, 0.1) is 17.7 Å². The second-order valence-electron chi connectivity index (χ2n) is 13.3. The molecule has 2 fully saturated rings. The van der Waals surface area contributed by atoms with Crippen molar-refractivity contribution in [2.45, 2.75) is 97.1 Å². The van der Waals surface area contributed by atoms with E-state index in [1.54, 1.807) is 41.8 Å². The molecule has 2 N–H and O–H groups in total. The zero-order chi connectivity index (χ0) is 33.4. The van der Waals surface area contributed by atoms with Gasteiger partial charge < -0.3 is 20.4 Å². The molecule has 1 saturated heterocycles. The summed E-state index contributed by atoms with van der Waals surface area (Å²) < 4.78 is 17.4. The van der Waals surface area contributed by atoms with Gasteiger partial charge in [0.2, 0.25) is 17.7 Å². The summed E-state index contributed by atoms with van der Waals surface area (Å²) in [6, 6.07) is 5.38. The predicted octanol–water partition coefficient (Wildman–Crippen LogP) is 5.17. The third-order valence-corrected chi connectivity index (χ3v) is 9.65. The van der Waals surface area contributed by atoms with Crippen molar-refractivity contribution in [2.75, 3.05) is 38.5 Å². The lowest BCUT2D eigenvalue weighted by Crippen LogP contribution is -2.55. The smallest absolute Gasteiger partial charge is 0.245 e. The molecule has 0 spiro atoms. The molecule has 0 bridgehead atoms. The highest BCUT2D eigenvalue weighted by atomic mass is 19.1. The Labute approximate surface area is 272 Å². The average molecular weight is 639 g/mol. The van der Waals surface area contributed by atoms with E-state index < -0.39 is 23.7 Å². The van der Waals surface area contributed by atoms with E-state index in [9.17, 15) is 19.2 Å². The van der Waals surface area contributed by atoms with Gasteiger partial charge in [-0.05, 0) is 63.4 Å². The second-order valence-corrected chi connectivity index (χ2v) is 13.3. The molecule has 1 aromatic carbocycles. The molecule has 4 rings (SSSR count). The van der Waals surface area contributed by atoms with Crippen LogP contribution in [-0.4, -0.2) is 82.4 Å². The predicted molar refractivity (Wildman–Crippen MR) is 176 cm³/mol. The molecule has 0 radical (unpaired) electrons. The van der Waals surface area contributed by atoms with E-state index in [0.717, 1.165) is 51.6 Å². The third kappa shape index (κ3) is 8.80. The Balaban J connectivity index is 1.53. The number of nitrogens with zero attached hydrogens (tertiary/aromatic N) is 4. The van der Waals surface area contributed by atoms with Gasteiger partial charge in [-0.25, -0.2) is 4.39 Å². The zero-order valence-corrected chi connectivity index (χ0v) is 28.1. The van der Waals surface area contributed by atoms with Crippen LogP contribution in [0.3, 0.4) is 0 Å². The highest BCUT2D eigenvalue weighted by Gasteiger charge is 2.35. The maximum absolute atomic E-state index is 15.7. The van der Waals surface area contributed by atoms with Crippen molar-refractivity contribution in [1.29, 1.82) is 0 Å². The third-order valence-electron chi connectivity index (χ3n) is 9.65. The largest absolute Gasteiger partial charge is 0.344 e. The van der Waals surface area contributed by atoms with Crippen molar-refractivity contribution in [1.82, 2.24) is 24.9 Å². The average Bonchev–Trinajstić information content (AvgIpc) is 3.40. The number of rotatable bonds is 12. The Morgan fingerprint density at radius 3 is 2.26 bits per heavy atom. The number of halogens is 1. The molecule has 2 heterocycles. The standard InChI is InChI=1S/C35H51FN6O4/c1-6-32(44)39-33(35(46)41-19-17-40(5)18-20-41)24(4)26-13-14-29(28(36)21-26)38-34(45)27(25-11-9-7-8-10-12-25)22-31(43)30-15-16-37-42(30)23(2)3/h13-16,21,23-25,27,33H,6-12,17-20,22H2,1-5H3,(H,38,45)(H,39,44)/t24-,27-,33+/m0/s1. The number of amides is 3. The van der Waals surface area contributed by atoms with Crippen molar-refractivity contribution in [3.05, 3.63) is 47.5 Å². The summed E-state index contributed by atoms with van der Waals surface area (Å²) in [6.45, 7) is 10.0. The normalized spacial score (nSPS) is 18.5. The van der Waals surface area contributed by atoms with Crippen LogP contribution in [0.1, 0.15) is 107 Å². The lowest BCUT2D eigenvalue weighted by Gasteiger charge is -2.36. The Morgan fingerprint density at radius 1 is 0.978 bits per heavy atom. The van der Waals surface area contributed by atoms with Crippen molar-refractivity contribution in [2.24, 2.45) is 11.8 Å². The van der Waals surface area contributed by atoms with Gasteiger partial charge in [0, 0.05) is 63.1 Å². The quantitative estimate of drug-likeness (QED) is 0.245. The zero-order valence-electron chi connectivity index (χ0n) is 28.1. The van der Waals surface area contributed by atoms with Gasteiger partial charge in [-0.2, -0.15) is 5.10 Å². The highest BCUT2D eigenvalue weighted by Crippen LogP contribution is 2.34. The van der Waals surface area contributed by atoms with Gasteiger partial charge >= 0.3 is 0 Å². The number of nitrogens with one attached hydrogen (secondary N) is 2. The van der Waals surface area contributed by atoms with Crippen LogP contribution in [0.25, 0.3) is 0 Å². The minimum absolute atomic E-state index is 0.000787. The van der Waals surface area contributed by atoms with Crippen molar-refractivity contribution in [3.63, 3.8) is 0 Å². The van der Waals surface area contributed by atoms with Gasteiger partial charge in [0.25, 0.3) is 0 Å². The first-order valence-corrected chi connectivity index (χ1v) is 16.9. The van der Waals surface area contributed by atoms with E-state index in [1.165, 1.54) is 12.1 Å². The topological polar surface area (TPSA) is 117 Å². The molecule has 2 aliphatic rings. The van der Waals surface area contributed by atoms with Crippen LogP contribution >= 0.6 is 0 Å². The molecule has 1 aliphatic heterocycles. The molecular formula is C35H51FN6O4. The van der Waals surface area contributed by atoms with Gasteiger partial charge in [0.15, 0.2) is 5.78 Å². The van der Waals surface area contributed by atoms with E-state index in [0.29, 0.717) is 24.3 Å². The van der Waals surface area contributed by atoms with Crippen LogP contribution in [0.15, 0.2) is 30.5 Å². The molecule has 3 atom stereocenters. The molecule has 3 amide bonds. The molecule has 1 aromatic heterocycles. The minimum Gasteiger partial charge on any atom is -0.344 e. The molecule has 1 saturated carbocycles. The number of benzene rings is 1. The van der Waals surface area contributed by atoms with Crippen molar-refractivity contribution < 1.29 is 23.6 Å². The number of piperazine rings is 1. The lowest BCUT2D eigenvalue weighted by molar-refractivity contribution is -0.138. The maximum atomic E-state index is 15.7. The fraction of sp³-hybridized carbons (Fsp3) is 0.629. The molecule has 252 valence electrons. The fourth-order valence-corrected chi connectivity index (χ4v) is 6.67. The Morgan fingerprint density at radius 2 is 1.65 bits per heavy atom. The summed E-state index contributed by atoms with van der Waals surface area (Å²) in [7, 11) is 2.00. The van der Waals surface area contributed by atoms with Gasteiger partial charge in [-0.3, -0.25) is 23.9 Å². The monoisotopic (exact) mass is 638 g/mol. The van der Waals surface area contributed by atoms with Crippen LogP contribution in [0.5, 0.6) is 0 Å². The van der Waals surface area contributed by atoms with E-state index in [4.69, 9.17) is 0 Å². The maximum Gasteiger partial charge on any atom is 0.245 e. The first-order chi connectivity index (χ1) is 22.0.